The van der Waals surface area contributed by atoms with Gasteiger partial charge in [0, 0.05) is 24.0 Å². The summed E-state index contributed by atoms with van der Waals surface area (Å²) >= 11 is 1.76. The van der Waals surface area contributed by atoms with Crippen molar-refractivity contribution in [3.63, 3.8) is 0 Å². The smallest absolute Gasteiger partial charge is 0.223 e. The fraction of sp³-hybridized carbons (Fsp3) is 0.333. The highest BCUT2D eigenvalue weighted by Crippen LogP contribution is 2.13. The third-order valence-electron chi connectivity index (χ3n) is 2.36. The summed E-state index contributed by atoms with van der Waals surface area (Å²) in [5.74, 6) is 1.80. The largest absolute Gasteiger partial charge is 0.370 e. The Morgan fingerprint density at radius 3 is 2.72 bits per heavy atom. The van der Waals surface area contributed by atoms with Gasteiger partial charge < -0.3 is 16.4 Å². The fourth-order valence-electron chi connectivity index (χ4n) is 1.60. The molecule has 4 N–H and O–H groups in total. The average Bonchev–Trinajstić information content (AvgIpc) is 2.82. The summed E-state index contributed by atoms with van der Waals surface area (Å²) in [4.78, 5) is 9.61. The number of nitrogens with two attached hydrogens (primary N) is 1. The van der Waals surface area contributed by atoms with Crippen LogP contribution in [0.3, 0.4) is 0 Å². The zero-order valence-corrected chi connectivity index (χ0v) is 11.1. The summed E-state index contributed by atoms with van der Waals surface area (Å²) in [6.07, 6.45) is 0.984. The van der Waals surface area contributed by atoms with E-state index in [1.165, 1.54) is 4.88 Å². The van der Waals surface area contributed by atoms with E-state index in [2.05, 4.69) is 38.1 Å². The summed E-state index contributed by atoms with van der Waals surface area (Å²) in [6.45, 7) is 3.66. The molecule has 0 bridgehead atoms. The van der Waals surface area contributed by atoms with Crippen LogP contribution in [0.2, 0.25) is 0 Å². The first kappa shape index (κ1) is 12.6. The molecule has 2 aromatic heterocycles. The summed E-state index contributed by atoms with van der Waals surface area (Å²) in [7, 11) is 0. The first-order valence-electron chi connectivity index (χ1n) is 5.92. The molecule has 0 aromatic carbocycles. The van der Waals surface area contributed by atoms with E-state index >= 15 is 0 Å². The molecule has 0 amide bonds. The van der Waals surface area contributed by atoms with E-state index in [1.54, 1.807) is 11.3 Å². The molecule has 0 atom stereocenters. The van der Waals surface area contributed by atoms with E-state index in [0.717, 1.165) is 31.1 Å². The molecule has 2 aromatic rings. The van der Waals surface area contributed by atoms with E-state index in [4.69, 9.17) is 5.73 Å². The van der Waals surface area contributed by atoms with Crippen molar-refractivity contribution in [2.24, 2.45) is 0 Å². The first-order chi connectivity index (χ1) is 8.78. The Morgan fingerprint density at radius 1 is 1.28 bits per heavy atom. The standard InChI is InChI=1S/C12H17N5S/c1-2-14-10-8-11(17-12(13)16-10)15-6-5-9-4-3-7-18-9/h3-4,7-8H,2,5-6H2,1H3,(H4,13,14,15,16,17). The molecule has 0 aliphatic rings. The number of hydrogen-bond donors (Lipinski definition) is 3. The van der Waals surface area contributed by atoms with Gasteiger partial charge in [0.25, 0.3) is 0 Å². The SMILES string of the molecule is CCNc1cc(NCCc2cccs2)nc(N)n1. The lowest BCUT2D eigenvalue weighted by molar-refractivity contribution is 1.02. The van der Waals surface area contributed by atoms with Gasteiger partial charge in [-0.15, -0.1) is 11.3 Å². The number of nitrogens with one attached hydrogen (secondary N) is 2. The first-order valence-corrected chi connectivity index (χ1v) is 6.80. The van der Waals surface area contributed by atoms with E-state index in [9.17, 15) is 0 Å². The molecule has 0 aliphatic carbocycles. The molecular weight excluding hydrogens is 246 g/mol. The normalized spacial score (nSPS) is 10.3. The maximum absolute atomic E-state index is 5.66. The average molecular weight is 263 g/mol. The van der Waals surface area contributed by atoms with Crippen molar-refractivity contribution in [3.05, 3.63) is 28.5 Å². The zero-order chi connectivity index (χ0) is 12.8. The van der Waals surface area contributed by atoms with Crippen LogP contribution in [0.4, 0.5) is 17.6 Å². The lowest BCUT2D eigenvalue weighted by Crippen LogP contribution is -2.09. The lowest BCUT2D eigenvalue weighted by Gasteiger charge is -2.08. The zero-order valence-electron chi connectivity index (χ0n) is 10.3. The van der Waals surface area contributed by atoms with Crippen LogP contribution in [0.1, 0.15) is 11.8 Å². The molecule has 0 unspecified atom stereocenters. The molecule has 6 heteroatoms. The molecule has 0 fully saturated rings. The van der Waals surface area contributed by atoms with Gasteiger partial charge in [-0.1, -0.05) is 6.07 Å². The molecule has 5 nitrogen and oxygen atoms in total. The third kappa shape index (κ3) is 3.59. The van der Waals surface area contributed by atoms with Crippen LogP contribution in [0.15, 0.2) is 23.6 Å². The Kier molecular flexibility index (Phi) is 4.35. The van der Waals surface area contributed by atoms with Crippen molar-refractivity contribution in [3.8, 4) is 0 Å². The van der Waals surface area contributed by atoms with Crippen LogP contribution >= 0.6 is 11.3 Å². The maximum atomic E-state index is 5.66. The van der Waals surface area contributed by atoms with Crippen LogP contribution in [0.5, 0.6) is 0 Å². The summed E-state index contributed by atoms with van der Waals surface area (Å²) < 4.78 is 0. The van der Waals surface area contributed by atoms with Crippen molar-refractivity contribution in [1.82, 2.24) is 9.97 Å². The quantitative estimate of drug-likeness (QED) is 0.745. The molecule has 0 aliphatic heterocycles. The van der Waals surface area contributed by atoms with E-state index in [0.29, 0.717) is 0 Å². The second kappa shape index (κ2) is 6.20. The van der Waals surface area contributed by atoms with Crippen molar-refractivity contribution in [2.75, 3.05) is 29.5 Å². The number of hydrogen-bond acceptors (Lipinski definition) is 6. The van der Waals surface area contributed by atoms with Crippen LogP contribution in [0, 0.1) is 0 Å². The maximum Gasteiger partial charge on any atom is 0.223 e. The number of nitrogens with zero attached hydrogens (tertiary/aromatic N) is 2. The molecule has 18 heavy (non-hydrogen) atoms. The van der Waals surface area contributed by atoms with Crippen LogP contribution in [-0.4, -0.2) is 23.1 Å². The highest BCUT2D eigenvalue weighted by Gasteiger charge is 2.01. The Labute approximate surface area is 110 Å². The Bertz CT molecular complexity index is 483. The number of thiophene rings is 1. The van der Waals surface area contributed by atoms with Crippen molar-refractivity contribution in [2.45, 2.75) is 13.3 Å². The number of aromatic nitrogens is 2. The van der Waals surface area contributed by atoms with Gasteiger partial charge in [0.05, 0.1) is 0 Å². The second-order valence-electron chi connectivity index (χ2n) is 3.78. The molecule has 96 valence electrons. The fourth-order valence-corrected chi connectivity index (χ4v) is 2.31. The van der Waals surface area contributed by atoms with Crippen LogP contribution in [-0.2, 0) is 6.42 Å². The van der Waals surface area contributed by atoms with Gasteiger partial charge in [-0.05, 0) is 24.8 Å². The van der Waals surface area contributed by atoms with Gasteiger partial charge >= 0.3 is 0 Å². The van der Waals surface area contributed by atoms with Gasteiger partial charge in [-0.3, -0.25) is 0 Å². The Morgan fingerprint density at radius 2 is 2.06 bits per heavy atom. The minimum Gasteiger partial charge on any atom is -0.370 e. The number of rotatable bonds is 6. The number of nitrogen functional groups attached to an aromatic ring is 1. The predicted octanol–water partition coefficient (Wildman–Crippen LogP) is 2.21. The van der Waals surface area contributed by atoms with Crippen molar-refractivity contribution >= 4 is 28.9 Å². The third-order valence-corrected chi connectivity index (χ3v) is 3.30. The molecular formula is C12H17N5S. The molecule has 0 saturated carbocycles. The highest BCUT2D eigenvalue weighted by atomic mass is 32.1. The summed E-state index contributed by atoms with van der Waals surface area (Å²) in [6, 6.07) is 6.06. The molecule has 0 spiro atoms. The van der Waals surface area contributed by atoms with Gasteiger partial charge in [-0.2, -0.15) is 9.97 Å². The minimum atomic E-state index is 0.284. The predicted molar refractivity (Wildman–Crippen MR) is 77.1 cm³/mol. The van der Waals surface area contributed by atoms with E-state index < -0.39 is 0 Å². The minimum absolute atomic E-state index is 0.284. The monoisotopic (exact) mass is 263 g/mol. The van der Waals surface area contributed by atoms with Crippen molar-refractivity contribution in [1.29, 1.82) is 0 Å². The van der Waals surface area contributed by atoms with E-state index in [-0.39, 0.29) is 5.95 Å². The Balaban J connectivity index is 1.92. The van der Waals surface area contributed by atoms with Crippen LogP contribution in [0.25, 0.3) is 0 Å². The van der Waals surface area contributed by atoms with Crippen molar-refractivity contribution < 1.29 is 0 Å². The topological polar surface area (TPSA) is 75.9 Å². The molecule has 2 heterocycles. The van der Waals surface area contributed by atoms with Gasteiger partial charge in [0.15, 0.2) is 0 Å². The number of anilines is 3. The summed E-state index contributed by atoms with van der Waals surface area (Å²) in [5, 5.41) is 8.47. The van der Waals surface area contributed by atoms with Gasteiger partial charge in [0.2, 0.25) is 5.95 Å². The Hall–Kier alpha value is -1.82. The lowest BCUT2D eigenvalue weighted by atomic mass is 10.3. The molecule has 0 radical (unpaired) electrons. The van der Waals surface area contributed by atoms with Gasteiger partial charge in [-0.25, -0.2) is 0 Å². The molecule has 0 saturated heterocycles. The summed E-state index contributed by atoms with van der Waals surface area (Å²) in [5.41, 5.74) is 5.66. The highest BCUT2D eigenvalue weighted by molar-refractivity contribution is 7.09. The van der Waals surface area contributed by atoms with E-state index in [1.807, 2.05) is 13.0 Å². The molecule has 2 rings (SSSR count). The van der Waals surface area contributed by atoms with Gasteiger partial charge in [0.1, 0.15) is 11.6 Å². The van der Waals surface area contributed by atoms with Crippen LogP contribution < -0.4 is 16.4 Å². The second-order valence-corrected chi connectivity index (χ2v) is 4.82.